The van der Waals surface area contributed by atoms with E-state index in [1.54, 1.807) is 27.7 Å². The van der Waals surface area contributed by atoms with Crippen molar-refractivity contribution >= 4 is 35.5 Å². The number of rotatable bonds is 12. The Balaban J connectivity index is 0. The minimum Gasteiger partial charge on any atom is -0.464 e. The molecule has 1 aliphatic heterocycles. The summed E-state index contributed by atoms with van der Waals surface area (Å²) in [5, 5.41) is 7.04. The van der Waals surface area contributed by atoms with Crippen LogP contribution in [-0.2, 0) is 28.7 Å². The quantitative estimate of drug-likeness (QED) is 0.165. The van der Waals surface area contributed by atoms with Gasteiger partial charge in [-0.1, -0.05) is 82.6 Å². The van der Waals surface area contributed by atoms with Gasteiger partial charge < -0.3 is 31.3 Å². The summed E-state index contributed by atoms with van der Waals surface area (Å²) < 4.78 is 43.4. The Morgan fingerprint density at radius 1 is 0.939 bits per heavy atom. The van der Waals surface area contributed by atoms with E-state index in [1.807, 2.05) is 13.8 Å². The van der Waals surface area contributed by atoms with Crippen LogP contribution in [0.2, 0.25) is 0 Å². The number of ether oxygens (including phenoxy) is 1. The Hall–Kier alpha value is -3.39. The van der Waals surface area contributed by atoms with Gasteiger partial charge in [0.1, 0.15) is 18.6 Å². The second-order valence-electron chi connectivity index (χ2n) is 13.9. The molecule has 0 aromatic carbocycles. The Morgan fingerprint density at radius 3 is 1.88 bits per heavy atom. The molecule has 2 aliphatic rings. The van der Waals surface area contributed by atoms with Gasteiger partial charge >= 0.3 is 18.2 Å². The molecule has 12 nitrogen and oxygen atoms in total. The SMILES string of the molecule is CC.CC(C)C.CC1CCN(C(=O)C(NC(=O)NCC(=O)OCC2CC2)C(C)(C)C)[C@@H]1C(=O)NC(CCC(F)(F)F)C(=O)C(N)=O.CCC. The number of amides is 5. The molecule has 2 rings (SSSR count). The molecule has 0 aromatic rings. The van der Waals surface area contributed by atoms with Crippen LogP contribution in [0.15, 0.2) is 0 Å². The number of likely N-dealkylation sites (tertiary alicyclic amines) is 1. The predicted octanol–water partition coefficient (Wildman–Crippen LogP) is 4.88. The third-order valence-electron chi connectivity index (χ3n) is 6.80. The molecule has 49 heavy (non-hydrogen) atoms. The highest BCUT2D eigenvalue weighted by Crippen LogP contribution is 2.30. The van der Waals surface area contributed by atoms with Crippen LogP contribution in [0, 0.1) is 23.2 Å². The van der Waals surface area contributed by atoms with Crippen LogP contribution < -0.4 is 21.7 Å². The van der Waals surface area contributed by atoms with Crippen molar-refractivity contribution in [3.8, 4) is 0 Å². The highest BCUT2D eigenvalue weighted by Gasteiger charge is 2.46. The third kappa shape index (κ3) is 20.7. The minimum absolute atomic E-state index is 0.0957. The predicted molar refractivity (Wildman–Crippen MR) is 182 cm³/mol. The lowest BCUT2D eigenvalue weighted by Gasteiger charge is -2.36. The van der Waals surface area contributed by atoms with Gasteiger partial charge in [0.25, 0.3) is 5.91 Å². The first-order valence-electron chi connectivity index (χ1n) is 17.3. The number of carbonyl (C=O) groups excluding carboxylic acids is 6. The van der Waals surface area contributed by atoms with Gasteiger partial charge in [0.15, 0.2) is 0 Å². The van der Waals surface area contributed by atoms with Crippen LogP contribution in [0.3, 0.4) is 0 Å². The molecule has 0 spiro atoms. The molecule has 3 unspecified atom stereocenters. The summed E-state index contributed by atoms with van der Waals surface area (Å²) in [6.07, 6.45) is -3.41. The van der Waals surface area contributed by atoms with Crippen molar-refractivity contribution in [1.29, 1.82) is 0 Å². The molecule has 0 aromatic heterocycles. The standard InChI is InChI=1S/C25H38F3N5O7.C4H10.C3H8.C2H6/c1-13-8-10-33(17(13)21(37)31-15(18(35)20(29)36)7-9-25(26,27)28)22(38)19(24(2,3)4)32-23(39)30-11-16(34)40-12-14-5-6-14;1-4(2)3;1-3-2;1-2/h13-15,17,19H,5-12H2,1-4H3,(H2,29,36)(H,31,37)(H2,30,32,39);4H,1-3H3;3H2,1-2H3;1-2H3/t13?,15?,17-,19?;;;/m0.../s1. The summed E-state index contributed by atoms with van der Waals surface area (Å²) in [5.41, 5.74) is 4.10. The van der Waals surface area contributed by atoms with Crippen molar-refractivity contribution in [2.45, 2.75) is 139 Å². The summed E-state index contributed by atoms with van der Waals surface area (Å²) in [4.78, 5) is 75.9. The summed E-state index contributed by atoms with van der Waals surface area (Å²) >= 11 is 0. The van der Waals surface area contributed by atoms with Crippen molar-refractivity contribution in [1.82, 2.24) is 20.9 Å². The van der Waals surface area contributed by atoms with E-state index in [-0.39, 0.29) is 13.2 Å². The molecule has 1 heterocycles. The number of halogens is 3. The zero-order valence-corrected chi connectivity index (χ0v) is 31.3. The molecular formula is C34H62F3N5O7. The zero-order valence-electron chi connectivity index (χ0n) is 31.3. The second kappa shape index (κ2) is 23.1. The Labute approximate surface area is 290 Å². The molecule has 1 saturated heterocycles. The number of ketones is 1. The van der Waals surface area contributed by atoms with Crippen LogP contribution in [0.1, 0.15) is 115 Å². The maximum absolute atomic E-state index is 13.6. The van der Waals surface area contributed by atoms with Crippen LogP contribution in [0.4, 0.5) is 18.0 Å². The molecule has 1 aliphatic carbocycles. The van der Waals surface area contributed by atoms with E-state index >= 15 is 0 Å². The maximum atomic E-state index is 13.6. The number of nitrogens with one attached hydrogen (secondary N) is 3. The van der Waals surface area contributed by atoms with Gasteiger partial charge in [0.2, 0.25) is 17.6 Å². The van der Waals surface area contributed by atoms with Crippen LogP contribution in [0.25, 0.3) is 0 Å². The number of Topliss-reactive ketones (excluding diaryl/α,β-unsaturated/α-hetero) is 1. The number of nitrogens with two attached hydrogens (primary N) is 1. The molecule has 1 saturated carbocycles. The first kappa shape index (κ1) is 47.7. The summed E-state index contributed by atoms with van der Waals surface area (Å²) in [6.45, 7) is 21.4. The van der Waals surface area contributed by atoms with E-state index in [0.29, 0.717) is 12.3 Å². The fourth-order valence-corrected chi connectivity index (χ4v) is 4.30. The number of carbonyl (C=O) groups is 6. The number of hydrogen-bond acceptors (Lipinski definition) is 7. The fraction of sp³-hybridized carbons (Fsp3) is 0.824. The van der Waals surface area contributed by atoms with Gasteiger partial charge in [-0.15, -0.1) is 0 Å². The highest BCUT2D eigenvalue weighted by molar-refractivity contribution is 6.37. The molecule has 286 valence electrons. The zero-order chi connectivity index (χ0) is 38.7. The van der Waals surface area contributed by atoms with Crippen molar-refractivity contribution in [3.63, 3.8) is 0 Å². The maximum Gasteiger partial charge on any atom is 0.389 e. The van der Waals surface area contributed by atoms with Gasteiger partial charge in [0.05, 0.1) is 12.6 Å². The Bertz CT molecular complexity index is 1060. The van der Waals surface area contributed by atoms with E-state index in [4.69, 9.17) is 10.5 Å². The summed E-state index contributed by atoms with van der Waals surface area (Å²) in [7, 11) is 0. The lowest BCUT2D eigenvalue weighted by molar-refractivity contribution is -0.147. The van der Waals surface area contributed by atoms with Gasteiger partial charge in [0, 0.05) is 13.0 Å². The lowest BCUT2D eigenvalue weighted by Crippen LogP contribution is -2.60. The third-order valence-corrected chi connectivity index (χ3v) is 6.80. The normalized spacial score (nSPS) is 18.1. The van der Waals surface area contributed by atoms with Crippen LogP contribution in [0.5, 0.6) is 0 Å². The van der Waals surface area contributed by atoms with Crippen molar-refractivity contribution in [2.24, 2.45) is 28.9 Å². The van der Waals surface area contributed by atoms with Gasteiger partial charge in [-0.05, 0) is 48.9 Å². The molecule has 15 heteroatoms. The number of hydrogen-bond donors (Lipinski definition) is 4. The molecule has 5 N–H and O–H groups in total. The fourth-order valence-electron chi connectivity index (χ4n) is 4.30. The molecule has 5 amide bonds. The first-order chi connectivity index (χ1) is 22.5. The highest BCUT2D eigenvalue weighted by atomic mass is 19.4. The molecule has 0 radical (unpaired) electrons. The van der Waals surface area contributed by atoms with E-state index in [2.05, 4.69) is 50.6 Å². The van der Waals surface area contributed by atoms with Gasteiger partial charge in [-0.2, -0.15) is 13.2 Å². The topological polar surface area (TPSA) is 177 Å². The first-order valence-corrected chi connectivity index (χ1v) is 17.3. The van der Waals surface area contributed by atoms with Crippen molar-refractivity contribution in [2.75, 3.05) is 19.7 Å². The van der Waals surface area contributed by atoms with Crippen LogP contribution >= 0.6 is 0 Å². The Kier molecular flexibility index (Phi) is 22.5. The molecule has 0 bridgehead atoms. The van der Waals surface area contributed by atoms with Gasteiger partial charge in [-0.3, -0.25) is 24.0 Å². The lowest BCUT2D eigenvalue weighted by atomic mass is 9.85. The van der Waals surface area contributed by atoms with Crippen molar-refractivity contribution < 1.29 is 46.7 Å². The van der Waals surface area contributed by atoms with Gasteiger partial charge in [-0.25, -0.2) is 4.79 Å². The smallest absolute Gasteiger partial charge is 0.389 e. The summed E-state index contributed by atoms with van der Waals surface area (Å²) in [6, 6.07) is -4.99. The van der Waals surface area contributed by atoms with E-state index in [1.165, 1.54) is 11.3 Å². The molecule has 4 atom stereocenters. The van der Waals surface area contributed by atoms with E-state index in [0.717, 1.165) is 18.8 Å². The number of urea groups is 1. The number of primary amides is 1. The monoisotopic (exact) mass is 709 g/mol. The summed E-state index contributed by atoms with van der Waals surface area (Å²) in [5.74, 6) is -4.35. The number of esters is 1. The second-order valence-corrected chi connectivity index (χ2v) is 13.9. The average molecular weight is 710 g/mol. The number of nitrogens with zero attached hydrogens (tertiary/aromatic N) is 1. The Morgan fingerprint density at radius 2 is 1.45 bits per heavy atom. The largest absolute Gasteiger partial charge is 0.464 e. The molecular weight excluding hydrogens is 647 g/mol. The van der Waals surface area contributed by atoms with E-state index < -0.39 is 90.5 Å². The van der Waals surface area contributed by atoms with Crippen molar-refractivity contribution in [3.05, 3.63) is 0 Å². The number of alkyl halides is 3. The van der Waals surface area contributed by atoms with Crippen LogP contribution in [-0.4, -0.2) is 84.4 Å². The average Bonchev–Trinajstić information content (AvgIpc) is 3.74. The van der Waals surface area contributed by atoms with E-state index in [9.17, 15) is 41.9 Å². The minimum atomic E-state index is -4.65. The molecule has 2 fully saturated rings.